The molecule has 1 fully saturated rings. The number of aliphatic imine (C=N–C) groups is 1. The maximum atomic E-state index is 4.43. The summed E-state index contributed by atoms with van der Waals surface area (Å²) in [6, 6.07) is 0.548. The normalized spacial score (nSPS) is 25.9. The summed E-state index contributed by atoms with van der Waals surface area (Å²) in [5.41, 5.74) is 0. The van der Waals surface area contributed by atoms with E-state index in [0.29, 0.717) is 6.04 Å². The number of nitrogens with zero attached hydrogens (tertiary/aromatic N) is 4. The summed E-state index contributed by atoms with van der Waals surface area (Å²) >= 11 is 0. The summed E-state index contributed by atoms with van der Waals surface area (Å²) in [5.74, 6) is 4.89. The number of fused-ring (bicyclic) bond motifs is 1. The molecule has 2 atom stereocenters. The largest absolute Gasteiger partial charge is 0.356 e. The van der Waals surface area contributed by atoms with E-state index in [9.17, 15) is 0 Å². The average Bonchev–Trinajstić information content (AvgIpc) is 2.83. The molecule has 1 saturated carbocycles. The number of aryl methyl sites for hydroxylation is 2. The van der Waals surface area contributed by atoms with Crippen molar-refractivity contribution < 1.29 is 0 Å². The molecule has 0 bridgehead atoms. The summed E-state index contributed by atoms with van der Waals surface area (Å²) in [6.45, 7) is 6.73. The van der Waals surface area contributed by atoms with Gasteiger partial charge in [0.1, 0.15) is 11.6 Å². The molecule has 0 amide bonds. The van der Waals surface area contributed by atoms with E-state index in [1.165, 1.54) is 44.3 Å². The molecule has 2 N–H and O–H groups in total. The first-order valence-electron chi connectivity index (χ1n) is 10.5. The lowest BCUT2D eigenvalue weighted by molar-refractivity contribution is 0.255. The molecular formula is C20H37IN6. The third-order valence-corrected chi connectivity index (χ3v) is 5.80. The summed E-state index contributed by atoms with van der Waals surface area (Å²) < 4.78 is 2.35. The van der Waals surface area contributed by atoms with Crippen molar-refractivity contribution in [2.45, 2.75) is 84.2 Å². The second-order valence-electron chi connectivity index (χ2n) is 8.36. The van der Waals surface area contributed by atoms with E-state index < -0.39 is 0 Å². The smallest absolute Gasteiger partial charge is 0.191 e. The van der Waals surface area contributed by atoms with Gasteiger partial charge in [-0.1, -0.05) is 20.3 Å². The number of halogens is 1. The van der Waals surface area contributed by atoms with Gasteiger partial charge >= 0.3 is 0 Å². The lowest BCUT2D eigenvalue weighted by Crippen LogP contribution is -2.46. The minimum absolute atomic E-state index is 0. The van der Waals surface area contributed by atoms with Crippen molar-refractivity contribution in [1.29, 1.82) is 0 Å². The molecule has 154 valence electrons. The van der Waals surface area contributed by atoms with Crippen LogP contribution in [0.15, 0.2) is 4.99 Å². The molecule has 1 aromatic rings. The Morgan fingerprint density at radius 1 is 1.11 bits per heavy atom. The van der Waals surface area contributed by atoms with Crippen molar-refractivity contribution in [3.63, 3.8) is 0 Å². The molecule has 7 heteroatoms. The predicted octanol–water partition coefficient (Wildman–Crippen LogP) is 3.54. The van der Waals surface area contributed by atoms with E-state index in [1.54, 1.807) is 0 Å². The first kappa shape index (κ1) is 22.4. The van der Waals surface area contributed by atoms with Crippen LogP contribution < -0.4 is 10.6 Å². The molecule has 0 spiro atoms. The van der Waals surface area contributed by atoms with Crippen LogP contribution in [-0.2, 0) is 19.4 Å². The fourth-order valence-corrected chi connectivity index (χ4v) is 4.64. The van der Waals surface area contributed by atoms with Crippen molar-refractivity contribution in [2.24, 2.45) is 16.8 Å². The third-order valence-electron chi connectivity index (χ3n) is 5.80. The van der Waals surface area contributed by atoms with Crippen molar-refractivity contribution in [2.75, 3.05) is 13.6 Å². The molecule has 2 aliphatic rings. The highest BCUT2D eigenvalue weighted by atomic mass is 127. The number of nitrogens with one attached hydrogen (secondary N) is 2. The highest BCUT2D eigenvalue weighted by molar-refractivity contribution is 14.0. The molecular weight excluding hydrogens is 451 g/mol. The van der Waals surface area contributed by atoms with Crippen LogP contribution in [0.2, 0.25) is 0 Å². The van der Waals surface area contributed by atoms with Crippen LogP contribution >= 0.6 is 24.0 Å². The molecule has 0 aromatic carbocycles. The van der Waals surface area contributed by atoms with Gasteiger partial charge in [0.25, 0.3) is 0 Å². The zero-order chi connectivity index (χ0) is 18.4. The highest BCUT2D eigenvalue weighted by Crippen LogP contribution is 2.28. The summed E-state index contributed by atoms with van der Waals surface area (Å²) in [5, 5.41) is 15.9. The zero-order valence-electron chi connectivity index (χ0n) is 17.2. The highest BCUT2D eigenvalue weighted by Gasteiger charge is 2.24. The van der Waals surface area contributed by atoms with Crippen LogP contribution in [0, 0.1) is 11.8 Å². The van der Waals surface area contributed by atoms with Gasteiger partial charge in [0, 0.05) is 39.0 Å². The van der Waals surface area contributed by atoms with Crippen LogP contribution in [0.4, 0.5) is 0 Å². The minimum Gasteiger partial charge on any atom is -0.356 e. The van der Waals surface area contributed by atoms with E-state index in [0.717, 1.165) is 56.0 Å². The number of aromatic nitrogens is 3. The Labute approximate surface area is 181 Å². The second kappa shape index (κ2) is 11.2. The summed E-state index contributed by atoms with van der Waals surface area (Å²) in [7, 11) is 1.86. The average molecular weight is 488 g/mol. The predicted molar refractivity (Wildman–Crippen MR) is 122 cm³/mol. The number of hydrogen-bond acceptors (Lipinski definition) is 3. The van der Waals surface area contributed by atoms with Crippen molar-refractivity contribution in [3.8, 4) is 0 Å². The SMILES string of the molecule is CN=C(NCCCc1nnc2n1CCCCC2)NC1CC(C)CC(C)C1.I. The fraction of sp³-hybridized carbons (Fsp3) is 0.850. The van der Waals surface area contributed by atoms with Crippen LogP contribution in [0.5, 0.6) is 0 Å². The maximum absolute atomic E-state index is 4.43. The minimum atomic E-state index is 0. The second-order valence-corrected chi connectivity index (χ2v) is 8.36. The summed E-state index contributed by atoms with van der Waals surface area (Å²) in [6.07, 6.45) is 10.8. The van der Waals surface area contributed by atoms with Crippen molar-refractivity contribution in [3.05, 3.63) is 11.6 Å². The van der Waals surface area contributed by atoms with Crippen molar-refractivity contribution >= 4 is 29.9 Å². The number of guanidine groups is 1. The van der Waals surface area contributed by atoms with E-state index in [-0.39, 0.29) is 24.0 Å². The molecule has 1 aromatic heterocycles. The molecule has 0 saturated heterocycles. The number of rotatable bonds is 5. The Balaban J connectivity index is 0.00000261. The zero-order valence-corrected chi connectivity index (χ0v) is 19.5. The van der Waals surface area contributed by atoms with Gasteiger partial charge in [-0.25, -0.2) is 0 Å². The van der Waals surface area contributed by atoms with Gasteiger partial charge in [0.15, 0.2) is 5.96 Å². The maximum Gasteiger partial charge on any atom is 0.191 e. The standard InChI is InChI=1S/C20H36N6.HI/c1-15-12-16(2)14-17(13-15)23-20(21-3)22-10-7-9-19-25-24-18-8-5-4-6-11-26(18)19;/h15-17H,4-14H2,1-3H3,(H2,21,22,23);1H. The Morgan fingerprint density at radius 2 is 1.89 bits per heavy atom. The molecule has 0 radical (unpaired) electrons. The molecule has 6 nitrogen and oxygen atoms in total. The van der Waals surface area contributed by atoms with Gasteiger partial charge in [-0.3, -0.25) is 4.99 Å². The van der Waals surface area contributed by atoms with Gasteiger partial charge < -0.3 is 15.2 Å². The number of hydrogen-bond donors (Lipinski definition) is 2. The third kappa shape index (κ3) is 6.61. The lowest BCUT2D eigenvalue weighted by atomic mass is 9.80. The molecule has 3 rings (SSSR count). The fourth-order valence-electron chi connectivity index (χ4n) is 4.64. The Kier molecular flexibility index (Phi) is 9.32. The quantitative estimate of drug-likeness (QED) is 0.288. The molecule has 27 heavy (non-hydrogen) atoms. The van der Waals surface area contributed by atoms with E-state index in [2.05, 4.69) is 44.2 Å². The molecule has 1 aliphatic heterocycles. The van der Waals surface area contributed by atoms with Crippen LogP contribution in [-0.4, -0.2) is 40.4 Å². The van der Waals surface area contributed by atoms with E-state index >= 15 is 0 Å². The monoisotopic (exact) mass is 488 g/mol. The first-order chi connectivity index (χ1) is 12.7. The van der Waals surface area contributed by atoms with Crippen molar-refractivity contribution in [1.82, 2.24) is 25.4 Å². The Bertz CT molecular complexity index is 589. The van der Waals surface area contributed by atoms with Gasteiger partial charge in [-0.2, -0.15) is 0 Å². The van der Waals surface area contributed by atoms with Gasteiger partial charge in [-0.15, -0.1) is 34.2 Å². The van der Waals surface area contributed by atoms with Gasteiger partial charge in [0.05, 0.1) is 0 Å². The molecule has 1 aliphatic carbocycles. The van der Waals surface area contributed by atoms with Crippen LogP contribution in [0.3, 0.4) is 0 Å². The Hall–Kier alpha value is -0.860. The Morgan fingerprint density at radius 3 is 2.63 bits per heavy atom. The van der Waals surface area contributed by atoms with E-state index in [4.69, 9.17) is 0 Å². The van der Waals surface area contributed by atoms with Gasteiger partial charge in [-0.05, 0) is 50.4 Å². The first-order valence-corrected chi connectivity index (χ1v) is 10.5. The van der Waals surface area contributed by atoms with Crippen LogP contribution in [0.25, 0.3) is 0 Å². The molecule has 2 unspecified atom stereocenters. The lowest BCUT2D eigenvalue weighted by Gasteiger charge is -2.32. The topological polar surface area (TPSA) is 67.1 Å². The molecule has 2 heterocycles. The summed E-state index contributed by atoms with van der Waals surface area (Å²) in [4.78, 5) is 4.41. The van der Waals surface area contributed by atoms with Gasteiger partial charge in [0.2, 0.25) is 0 Å². The van der Waals surface area contributed by atoms with E-state index in [1.807, 2.05) is 7.05 Å². The van der Waals surface area contributed by atoms with Crippen LogP contribution in [0.1, 0.15) is 70.4 Å².